The Morgan fingerprint density at radius 2 is 2.29 bits per heavy atom. The van der Waals surface area contributed by atoms with Crippen LogP contribution in [0.1, 0.15) is 18.1 Å². The number of hydrogen-bond acceptors (Lipinski definition) is 2. The lowest BCUT2D eigenvalue weighted by atomic mass is 10.1. The van der Waals surface area contributed by atoms with E-state index in [2.05, 4.69) is 11.3 Å². The predicted octanol–water partition coefficient (Wildman–Crippen LogP) is 2.78. The number of benzene rings is 1. The van der Waals surface area contributed by atoms with Crippen LogP contribution in [0.2, 0.25) is 0 Å². The standard InChI is InChI=1S/C11H13NOS/c1-8(2)10-5-4-9(3)11(6-10)14-12-7-13/h4-7H,1H2,2-3H3,(H,12,13). The van der Waals surface area contributed by atoms with Gasteiger partial charge in [-0.25, -0.2) is 0 Å². The van der Waals surface area contributed by atoms with Gasteiger partial charge in [-0.15, -0.1) is 0 Å². The number of carbonyl (C=O) groups is 1. The van der Waals surface area contributed by atoms with E-state index in [4.69, 9.17) is 0 Å². The molecule has 0 aromatic heterocycles. The van der Waals surface area contributed by atoms with Crippen LogP contribution in [0.5, 0.6) is 0 Å². The molecule has 0 bridgehead atoms. The number of carbonyl (C=O) groups excluding carboxylic acids is 1. The highest BCUT2D eigenvalue weighted by molar-refractivity contribution is 7.98. The van der Waals surface area contributed by atoms with Gasteiger partial charge in [-0.2, -0.15) is 0 Å². The third kappa shape index (κ3) is 2.64. The first-order valence-corrected chi connectivity index (χ1v) is 5.09. The van der Waals surface area contributed by atoms with Gasteiger partial charge in [0.2, 0.25) is 6.41 Å². The second kappa shape index (κ2) is 4.86. The Bertz CT molecular complexity index is 360. The van der Waals surface area contributed by atoms with Crippen LogP contribution in [-0.2, 0) is 4.79 Å². The number of hydrogen-bond donors (Lipinski definition) is 1. The van der Waals surface area contributed by atoms with Crippen molar-refractivity contribution < 1.29 is 4.79 Å². The highest BCUT2D eigenvalue weighted by Crippen LogP contribution is 2.23. The molecule has 1 rings (SSSR count). The quantitative estimate of drug-likeness (QED) is 0.607. The van der Waals surface area contributed by atoms with Crippen LogP contribution in [0, 0.1) is 6.92 Å². The molecule has 0 heterocycles. The maximum Gasteiger partial charge on any atom is 0.217 e. The Balaban J connectivity index is 2.95. The number of nitrogens with one attached hydrogen (secondary N) is 1. The van der Waals surface area contributed by atoms with Crippen molar-refractivity contribution in [2.24, 2.45) is 0 Å². The van der Waals surface area contributed by atoms with Gasteiger partial charge in [0.05, 0.1) is 0 Å². The van der Waals surface area contributed by atoms with E-state index in [9.17, 15) is 4.79 Å². The summed E-state index contributed by atoms with van der Waals surface area (Å²) in [6, 6.07) is 6.08. The van der Waals surface area contributed by atoms with E-state index in [1.54, 1.807) is 0 Å². The first-order valence-electron chi connectivity index (χ1n) is 4.27. The van der Waals surface area contributed by atoms with Crippen LogP contribution in [0.15, 0.2) is 29.7 Å². The van der Waals surface area contributed by atoms with Gasteiger partial charge in [0.15, 0.2) is 0 Å². The number of rotatable bonds is 4. The zero-order valence-electron chi connectivity index (χ0n) is 8.33. The molecule has 0 saturated heterocycles. The molecular formula is C11H13NOS. The second-order valence-corrected chi connectivity index (χ2v) is 3.98. The third-order valence-corrected chi connectivity index (χ3v) is 2.77. The molecule has 1 amide bonds. The van der Waals surface area contributed by atoms with Crippen molar-refractivity contribution in [1.29, 1.82) is 0 Å². The molecule has 14 heavy (non-hydrogen) atoms. The van der Waals surface area contributed by atoms with Crippen LogP contribution < -0.4 is 4.72 Å². The first-order chi connectivity index (χ1) is 6.65. The summed E-state index contributed by atoms with van der Waals surface area (Å²) in [6.07, 6.45) is 0.678. The molecule has 3 heteroatoms. The van der Waals surface area contributed by atoms with E-state index in [0.29, 0.717) is 6.41 Å². The average Bonchev–Trinajstić information content (AvgIpc) is 2.16. The molecular weight excluding hydrogens is 194 g/mol. The molecule has 0 aliphatic heterocycles. The number of allylic oxidation sites excluding steroid dienone is 1. The molecule has 1 aromatic rings. The van der Waals surface area contributed by atoms with Crippen molar-refractivity contribution in [2.75, 3.05) is 0 Å². The Hall–Kier alpha value is -1.22. The van der Waals surface area contributed by atoms with Gasteiger partial charge in [0, 0.05) is 4.90 Å². The minimum absolute atomic E-state index is 0.678. The molecule has 0 unspecified atom stereocenters. The zero-order valence-corrected chi connectivity index (χ0v) is 9.15. The molecule has 2 nitrogen and oxygen atoms in total. The van der Waals surface area contributed by atoms with Crippen LogP contribution in [0.25, 0.3) is 5.57 Å². The Morgan fingerprint density at radius 1 is 1.57 bits per heavy atom. The lowest BCUT2D eigenvalue weighted by molar-refractivity contribution is -0.107. The lowest BCUT2D eigenvalue weighted by Crippen LogP contribution is -1.98. The third-order valence-electron chi connectivity index (χ3n) is 1.90. The smallest absolute Gasteiger partial charge is 0.217 e. The Kier molecular flexibility index (Phi) is 3.77. The summed E-state index contributed by atoms with van der Waals surface area (Å²) in [4.78, 5) is 11.2. The Morgan fingerprint density at radius 3 is 2.86 bits per heavy atom. The van der Waals surface area contributed by atoms with Gasteiger partial charge in [-0.3, -0.25) is 9.52 Å². The Labute approximate surface area is 88.5 Å². The van der Waals surface area contributed by atoms with E-state index in [0.717, 1.165) is 21.6 Å². The average molecular weight is 207 g/mol. The van der Waals surface area contributed by atoms with Crippen LogP contribution in [-0.4, -0.2) is 6.41 Å². The summed E-state index contributed by atoms with van der Waals surface area (Å²) in [5, 5.41) is 0. The largest absolute Gasteiger partial charge is 0.299 e. The summed E-state index contributed by atoms with van der Waals surface area (Å²) < 4.78 is 2.58. The minimum atomic E-state index is 0.678. The molecule has 0 spiro atoms. The van der Waals surface area contributed by atoms with E-state index in [-0.39, 0.29) is 0 Å². The van der Waals surface area contributed by atoms with E-state index < -0.39 is 0 Å². The van der Waals surface area contributed by atoms with Crippen molar-refractivity contribution in [2.45, 2.75) is 18.7 Å². The summed E-state index contributed by atoms with van der Waals surface area (Å²) >= 11 is 1.32. The van der Waals surface area contributed by atoms with Gasteiger partial charge < -0.3 is 0 Å². The highest BCUT2D eigenvalue weighted by atomic mass is 32.2. The molecule has 74 valence electrons. The van der Waals surface area contributed by atoms with Crippen LogP contribution in [0.4, 0.5) is 0 Å². The normalized spacial score (nSPS) is 9.57. The van der Waals surface area contributed by atoms with E-state index in [1.807, 2.05) is 32.0 Å². The predicted molar refractivity (Wildman–Crippen MR) is 60.9 cm³/mol. The van der Waals surface area contributed by atoms with Gasteiger partial charge in [-0.1, -0.05) is 24.3 Å². The van der Waals surface area contributed by atoms with Crippen LogP contribution >= 0.6 is 11.9 Å². The molecule has 0 fully saturated rings. The van der Waals surface area contributed by atoms with E-state index in [1.165, 1.54) is 11.9 Å². The monoisotopic (exact) mass is 207 g/mol. The molecule has 1 aromatic carbocycles. The highest BCUT2D eigenvalue weighted by Gasteiger charge is 2.01. The summed E-state index contributed by atoms with van der Waals surface area (Å²) in [5.74, 6) is 0. The SMILES string of the molecule is C=C(C)c1ccc(C)c(SNC=O)c1. The van der Waals surface area contributed by atoms with Gasteiger partial charge >= 0.3 is 0 Å². The second-order valence-electron chi connectivity index (χ2n) is 3.10. The van der Waals surface area contributed by atoms with Crippen LogP contribution in [0.3, 0.4) is 0 Å². The fraction of sp³-hybridized carbons (Fsp3) is 0.182. The fourth-order valence-corrected chi connectivity index (χ4v) is 1.65. The maximum atomic E-state index is 10.2. The molecule has 0 atom stereocenters. The summed E-state index contributed by atoms with van der Waals surface area (Å²) in [6.45, 7) is 7.85. The molecule has 0 radical (unpaired) electrons. The van der Waals surface area contributed by atoms with Gasteiger partial charge in [0.1, 0.15) is 0 Å². The minimum Gasteiger partial charge on any atom is -0.299 e. The topological polar surface area (TPSA) is 29.1 Å². The lowest BCUT2D eigenvalue weighted by Gasteiger charge is -2.06. The summed E-state index contributed by atoms with van der Waals surface area (Å²) in [5.41, 5.74) is 3.28. The molecule has 1 N–H and O–H groups in total. The van der Waals surface area contributed by atoms with Gasteiger partial charge in [-0.05, 0) is 43.0 Å². The van der Waals surface area contributed by atoms with Crippen molar-refractivity contribution in [3.05, 3.63) is 35.9 Å². The molecule has 0 aliphatic carbocycles. The number of amides is 1. The van der Waals surface area contributed by atoms with Crippen molar-refractivity contribution >= 4 is 23.9 Å². The fourth-order valence-electron chi connectivity index (χ4n) is 1.06. The molecule has 0 aliphatic rings. The van der Waals surface area contributed by atoms with Crippen molar-refractivity contribution in [1.82, 2.24) is 4.72 Å². The van der Waals surface area contributed by atoms with Gasteiger partial charge in [0.25, 0.3) is 0 Å². The maximum absolute atomic E-state index is 10.2. The zero-order chi connectivity index (χ0) is 10.6. The van der Waals surface area contributed by atoms with Crippen molar-refractivity contribution in [3.8, 4) is 0 Å². The molecule has 0 saturated carbocycles. The summed E-state index contributed by atoms with van der Waals surface area (Å²) in [7, 11) is 0. The van der Waals surface area contributed by atoms with E-state index >= 15 is 0 Å². The first kappa shape index (κ1) is 10.9. The number of aryl methyl sites for hydroxylation is 1. The van der Waals surface area contributed by atoms with Crippen molar-refractivity contribution in [3.63, 3.8) is 0 Å².